The van der Waals surface area contributed by atoms with Crippen LogP contribution in [0, 0.1) is 16.0 Å². The minimum atomic E-state index is -0.782. The van der Waals surface area contributed by atoms with Gasteiger partial charge in [-0.25, -0.2) is 0 Å². The third-order valence-corrected chi connectivity index (χ3v) is 3.74. The van der Waals surface area contributed by atoms with Gasteiger partial charge in [-0.15, -0.1) is 0 Å². The van der Waals surface area contributed by atoms with Gasteiger partial charge in [0, 0.05) is 13.6 Å². The van der Waals surface area contributed by atoms with Crippen LogP contribution in [0.25, 0.3) is 0 Å². The normalized spacial score (nSPS) is 27.2. The fourth-order valence-electron chi connectivity index (χ4n) is 2.80. The van der Waals surface area contributed by atoms with Crippen molar-refractivity contribution in [1.82, 2.24) is 9.55 Å². The Morgan fingerprint density at radius 3 is 3.11 bits per heavy atom. The molecule has 7 nitrogen and oxygen atoms in total. The van der Waals surface area contributed by atoms with Crippen molar-refractivity contribution in [3.05, 3.63) is 16.4 Å². The van der Waals surface area contributed by atoms with E-state index in [1.807, 2.05) is 0 Å². The van der Waals surface area contributed by atoms with Crippen LogP contribution in [0.1, 0.15) is 32.6 Å². The fourth-order valence-corrected chi connectivity index (χ4v) is 2.80. The van der Waals surface area contributed by atoms with E-state index in [1.165, 1.54) is 6.33 Å². The number of aromatic nitrogens is 2. The number of nitrogens with one attached hydrogen (secondary N) is 1. The van der Waals surface area contributed by atoms with Crippen LogP contribution in [-0.2, 0) is 7.05 Å². The molecule has 0 radical (unpaired) electrons. The Kier molecular flexibility index (Phi) is 3.75. The first-order valence-corrected chi connectivity index (χ1v) is 6.53. The second-order valence-corrected chi connectivity index (χ2v) is 5.56. The third-order valence-electron chi connectivity index (χ3n) is 3.74. The highest BCUT2D eigenvalue weighted by Gasteiger charge is 2.33. The molecule has 1 aromatic heterocycles. The molecule has 1 fully saturated rings. The second kappa shape index (κ2) is 5.16. The molecule has 19 heavy (non-hydrogen) atoms. The summed E-state index contributed by atoms with van der Waals surface area (Å²) in [6.45, 7) is 2.44. The Morgan fingerprint density at radius 1 is 1.74 bits per heavy atom. The quantitative estimate of drug-likeness (QED) is 0.640. The van der Waals surface area contributed by atoms with E-state index in [0.29, 0.717) is 18.3 Å². The van der Waals surface area contributed by atoms with Gasteiger partial charge in [-0.1, -0.05) is 19.8 Å². The Labute approximate surface area is 111 Å². The van der Waals surface area contributed by atoms with Gasteiger partial charge < -0.3 is 20.5 Å². The maximum absolute atomic E-state index is 10.8. The summed E-state index contributed by atoms with van der Waals surface area (Å²) in [4.78, 5) is 14.1. The number of rotatable bonds is 4. The van der Waals surface area contributed by atoms with Crippen molar-refractivity contribution in [3.8, 4) is 0 Å². The summed E-state index contributed by atoms with van der Waals surface area (Å²) in [5.74, 6) is 0.633. The number of nitro groups is 1. The Bertz CT molecular complexity index is 474. The van der Waals surface area contributed by atoms with Gasteiger partial charge in [-0.05, 0) is 28.7 Å². The van der Waals surface area contributed by atoms with Gasteiger partial charge >= 0.3 is 5.82 Å². The van der Waals surface area contributed by atoms with E-state index in [2.05, 4.69) is 17.2 Å². The molecule has 2 atom stereocenters. The number of anilines is 1. The zero-order valence-electron chi connectivity index (χ0n) is 11.3. The van der Waals surface area contributed by atoms with Gasteiger partial charge in [-0.3, -0.25) is 4.57 Å². The monoisotopic (exact) mass is 268 g/mol. The average molecular weight is 268 g/mol. The Morgan fingerprint density at radius 2 is 2.47 bits per heavy atom. The molecule has 0 bridgehead atoms. The lowest BCUT2D eigenvalue weighted by atomic mass is 9.79. The van der Waals surface area contributed by atoms with Crippen LogP contribution < -0.4 is 5.32 Å². The molecule has 0 aromatic carbocycles. The summed E-state index contributed by atoms with van der Waals surface area (Å²) in [5.41, 5.74) is -0.782. The third kappa shape index (κ3) is 3.04. The Hall–Kier alpha value is -1.63. The van der Waals surface area contributed by atoms with Crippen LogP contribution in [0.15, 0.2) is 6.33 Å². The number of aliphatic hydroxyl groups is 1. The lowest BCUT2D eigenvalue weighted by Gasteiger charge is -2.35. The van der Waals surface area contributed by atoms with E-state index in [1.54, 1.807) is 11.6 Å². The maximum Gasteiger partial charge on any atom is 0.406 e. The molecule has 1 aliphatic rings. The van der Waals surface area contributed by atoms with E-state index in [4.69, 9.17) is 0 Å². The molecule has 1 aliphatic carbocycles. The SMILES string of the molecule is CC1CCCC(O)(CNc2c([N+](=O)[O-])ncn2C)C1. The summed E-state index contributed by atoms with van der Waals surface area (Å²) in [7, 11) is 1.69. The molecule has 0 aliphatic heterocycles. The minimum Gasteiger partial charge on any atom is -0.388 e. The predicted molar refractivity (Wildman–Crippen MR) is 70.9 cm³/mol. The second-order valence-electron chi connectivity index (χ2n) is 5.56. The summed E-state index contributed by atoms with van der Waals surface area (Å²) in [6.07, 6.45) is 4.98. The molecule has 106 valence electrons. The van der Waals surface area contributed by atoms with E-state index in [-0.39, 0.29) is 5.82 Å². The van der Waals surface area contributed by atoms with E-state index in [9.17, 15) is 15.2 Å². The Balaban J connectivity index is 2.06. The van der Waals surface area contributed by atoms with Gasteiger partial charge in [0.05, 0.1) is 5.60 Å². The van der Waals surface area contributed by atoms with Crippen LogP contribution in [0.4, 0.5) is 11.6 Å². The maximum atomic E-state index is 10.8. The largest absolute Gasteiger partial charge is 0.406 e. The van der Waals surface area contributed by atoms with Crippen molar-refractivity contribution in [1.29, 1.82) is 0 Å². The summed E-state index contributed by atoms with van der Waals surface area (Å²) < 4.78 is 1.56. The molecule has 2 rings (SSSR count). The van der Waals surface area contributed by atoms with Crippen molar-refractivity contribution < 1.29 is 10.0 Å². The van der Waals surface area contributed by atoms with Gasteiger partial charge in [0.1, 0.15) is 0 Å². The van der Waals surface area contributed by atoms with Crippen LogP contribution in [-0.4, -0.2) is 31.7 Å². The minimum absolute atomic E-state index is 0.199. The zero-order valence-corrected chi connectivity index (χ0v) is 11.3. The van der Waals surface area contributed by atoms with E-state index >= 15 is 0 Å². The van der Waals surface area contributed by atoms with Gasteiger partial charge in [0.15, 0.2) is 0 Å². The number of aryl methyl sites for hydroxylation is 1. The van der Waals surface area contributed by atoms with Crippen LogP contribution >= 0.6 is 0 Å². The molecule has 7 heteroatoms. The first-order chi connectivity index (χ1) is 8.91. The molecular formula is C12H20N4O3. The number of imidazole rings is 1. The number of hydrogen-bond donors (Lipinski definition) is 2. The number of hydrogen-bond acceptors (Lipinski definition) is 5. The predicted octanol–water partition coefficient (Wildman–Crippen LogP) is 1.68. The smallest absolute Gasteiger partial charge is 0.388 e. The lowest BCUT2D eigenvalue weighted by Crippen LogP contribution is -2.41. The zero-order chi connectivity index (χ0) is 14.0. The van der Waals surface area contributed by atoms with Crippen LogP contribution in [0.3, 0.4) is 0 Å². The van der Waals surface area contributed by atoms with Crippen molar-refractivity contribution in [2.24, 2.45) is 13.0 Å². The molecule has 1 heterocycles. The fraction of sp³-hybridized carbons (Fsp3) is 0.750. The highest BCUT2D eigenvalue weighted by molar-refractivity contribution is 5.52. The first-order valence-electron chi connectivity index (χ1n) is 6.53. The highest BCUT2D eigenvalue weighted by atomic mass is 16.6. The molecule has 2 N–H and O–H groups in total. The van der Waals surface area contributed by atoms with Gasteiger partial charge in [0.25, 0.3) is 0 Å². The van der Waals surface area contributed by atoms with Crippen molar-refractivity contribution >= 4 is 11.6 Å². The molecule has 0 spiro atoms. The molecule has 2 unspecified atom stereocenters. The molecule has 1 saturated carbocycles. The van der Waals surface area contributed by atoms with Crippen molar-refractivity contribution in [2.75, 3.05) is 11.9 Å². The summed E-state index contributed by atoms with van der Waals surface area (Å²) >= 11 is 0. The number of nitrogens with zero attached hydrogens (tertiary/aromatic N) is 3. The van der Waals surface area contributed by atoms with Crippen LogP contribution in [0.5, 0.6) is 0 Å². The van der Waals surface area contributed by atoms with Crippen molar-refractivity contribution in [2.45, 2.75) is 38.2 Å². The summed E-state index contributed by atoms with van der Waals surface area (Å²) in [6, 6.07) is 0. The van der Waals surface area contributed by atoms with Gasteiger partial charge in [-0.2, -0.15) is 0 Å². The van der Waals surface area contributed by atoms with Crippen molar-refractivity contribution in [3.63, 3.8) is 0 Å². The standard InChI is InChI=1S/C12H20N4O3/c1-9-4-3-5-12(17,6-9)7-13-10-11(16(18)19)14-8-15(10)2/h8-9,13,17H,3-7H2,1-2H3. The molecule has 0 amide bonds. The molecule has 1 aromatic rings. The summed E-state index contributed by atoms with van der Waals surface area (Å²) in [5, 5.41) is 24.3. The molecular weight excluding hydrogens is 248 g/mol. The molecule has 0 saturated heterocycles. The highest BCUT2D eigenvalue weighted by Crippen LogP contribution is 2.33. The van der Waals surface area contributed by atoms with Crippen LogP contribution in [0.2, 0.25) is 0 Å². The topological polar surface area (TPSA) is 93.2 Å². The average Bonchev–Trinajstić information content (AvgIpc) is 2.68. The first kappa shape index (κ1) is 13.8. The van der Waals surface area contributed by atoms with E-state index in [0.717, 1.165) is 25.7 Å². The van der Waals surface area contributed by atoms with E-state index < -0.39 is 10.5 Å². The lowest BCUT2D eigenvalue weighted by molar-refractivity contribution is -0.388. The van der Waals surface area contributed by atoms with Gasteiger partial charge in [0.2, 0.25) is 12.1 Å².